The summed E-state index contributed by atoms with van der Waals surface area (Å²) in [6.45, 7) is 13.2. The van der Waals surface area contributed by atoms with Crippen molar-refractivity contribution in [3.63, 3.8) is 0 Å². The molecule has 3 heterocycles. The normalized spacial score (nSPS) is 13.1. The summed E-state index contributed by atoms with van der Waals surface area (Å²) in [5, 5.41) is 0. The van der Waals surface area contributed by atoms with Gasteiger partial charge in [-0.25, -0.2) is 44.9 Å². The second kappa shape index (κ2) is 37.2. The lowest BCUT2D eigenvalue weighted by molar-refractivity contribution is 0.102. The molecule has 0 spiro atoms. The van der Waals surface area contributed by atoms with Crippen LogP contribution in [0.4, 0.5) is 0 Å². The van der Waals surface area contributed by atoms with E-state index in [0.29, 0.717) is 52.4 Å². The lowest BCUT2D eigenvalue weighted by Gasteiger charge is -2.34. The van der Waals surface area contributed by atoms with Crippen molar-refractivity contribution >= 4 is 17.3 Å². The zero-order chi connectivity index (χ0) is 95.9. The molecule has 0 atom stereocenters. The van der Waals surface area contributed by atoms with Crippen LogP contribution in [0.25, 0.3) is 169 Å². The molecule has 24 rings (SSSR count). The molecular formula is C129H93N9O3. The molecule has 0 N–H and O–H groups in total. The number of ketones is 3. The molecule has 12 heteroatoms. The third-order valence-electron chi connectivity index (χ3n) is 27.5. The zero-order valence-corrected chi connectivity index (χ0v) is 78.6. The van der Waals surface area contributed by atoms with E-state index in [1.807, 2.05) is 261 Å². The van der Waals surface area contributed by atoms with Gasteiger partial charge in [0.25, 0.3) is 0 Å². The van der Waals surface area contributed by atoms with Crippen molar-refractivity contribution in [1.82, 2.24) is 44.9 Å². The average Bonchev–Trinajstić information content (AvgIpc) is 0.752. The van der Waals surface area contributed by atoms with Gasteiger partial charge >= 0.3 is 0 Å². The quantitative estimate of drug-likeness (QED) is 0.0954. The summed E-state index contributed by atoms with van der Waals surface area (Å²) in [5.74, 6) is 5.98. The maximum absolute atomic E-state index is 13.6. The third kappa shape index (κ3) is 17.3. The van der Waals surface area contributed by atoms with Gasteiger partial charge < -0.3 is 0 Å². The zero-order valence-electron chi connectivity index (χ0n) is 78.6. The molecule has 18 aromatic carbocycles. The van der Waals surface area contributed by atoms with Crippen molar-refractivity contribution < 1.29 is 14.4 Å². The Kier molecular flexibility index (Phi) is 23.3. The van der Waals surface area contributed by atoms with Crippen molar-refractivity contribution in [2.45, 2.75) is 57.8 Å². The smallest absolute Gasteiger partial charge is 0.193 e. The van der Waals surface area contributed by atoms with Crippen molar-refractivity contribution in [2.75, 3.05) is 0 Å². The van der Waals surface area contributed by atoms with Gasteiger partial charge in [-0.05, 0) is 124 Å². The Labute approximate surface area is 819 Å². The summed E-state index contributed by atoms with van der Waals surface area (Å²) in [6, 6.07) is 153. The molecule has 12 nitrogen and oxygen atoms in total. The summed E-state index contributed by atoms with van der Waals surface area (Å²) < 4.78 is 0. The van der Waals surface area contributed by atoms with E-state index in [9.17, 15) is 14.4 Å². The third-order valence-corrected chi connectivity index (χ3v) is 27.5. The summed E-state index contributed by atoms with van der Waals surface area (Å²) in [4.78, 5) is 84.6. The number of fused-ring (bicyclic) bond motifs is 6. The Hall–Kier alpha value is -18.0. The molecule has 0 saturated heterocycles. The van der Waals surface area contributed by atoms with Gasteiger partial charge in [0, 0.05) is 99.7 Å². The highest BCUT2D eigenvalue weighted by Crippen LogP contribution is 2.48. The Bertz CT molecular complexity index is 8190. The van der Waals surface area contributed by atoms with E-state index in [4.69, 9.17) is 44.9 Å². The van der Waals surface area contributed by atoms with Crippen LogP contribution in [-0.4, -0.2) is 62.2 Å². The van der Waals surface area contributed by atoms with Crippen LogP contribution in [0.3, 0.4) is 0 Å². The number of hydrogen-bond acceptors (Lipinski definition) is 12. The minimum atomic E-state index is -0.248. The second-order valence-corrected chi connectivity index (χ2v) is 37.3. The lowest BCUT2D eigenvalue weighted by atomic mass is 9.68. The van der Waals surface area contributed by atoms with Crippen LogP contribution in [0.2, 0.25) is 0 Å². The maximum atomic E-state index is 13.6. The van der Waals surface area contributed by atoms with Gasteiger partial charge in [0.1, 0.15) is 0 Å². The van der Waals surface area contributed by atoms with E-state index < -0.39 is 0 Å². The van der Waals surface area contributed by atoms with Gasteiger partial charge in [-0.1, -0.05) is 472 Å². The molecular weight excluding hydrogens is 1720 g/mol. The highest BCUT2D eigenvalue weighted by Gasteiger charge is 2.40. The van der Waals surface area contributed by atoms with Crippen molar-refractivity contribution in [2.24, 2.45) is 0 Å². The van der Waals surface area contributed by atoms with Gasteiger partial charge in [0.15, 0.2) is 69.8 Å². The summed E-state index contributed by atoms with van der Waals surface area (Å²) in [6.07, 6.45) is 0. The van der Waals surface area contributed by atoms with Crippen LogP contribution >= 0.6 is 0 Å². The first kappa shape index (κ1) is 88.3. The van der Waals surface area contributed by atoms with E-state index >= 15 is 0 Å². The Morgan fingerprint density at radius 2 is 0.305 bits per heavy atom. The first-order valence-corrected chi connectivity index (χ1v) is 47.5. The molecule has 3 aliphatic carbocycles. The fourth-order valence-electron chi connectivity index (χ4n) is 19.9. The predicted molar refractivity (Wildman–Crippen MR) is 567 cm³/mol. The molecule has 0 bridgehead atoms. The molecule has 0 fully saturated rings. The largest absolute Gasteiger partial charge is 0.289 e. The summed E-state index contributed by atoms with van der Waals surface area (Å²) in [7, 11) is 0. The number of carbonyl (C=O) groups excluding carboxylic acids is 3. The highest BCUT2D eigenvalue weighted by atomic mass is 16.1. The molecule has 0 saturated carbocycles. The predicted octanol–water partition coefficient (Wildman–Crippen LogP) is 30.2. The minimum Gasteiger partial charge on any atom is -0.289 e. The molecule has 0 radical (unpaired) electrons. The van der Waals surface area contributed by atoms with E-state index in [-0.39, 0.29) is 33.6 Å². The Morgan fingerprint density at radius 1 is 0.128 bits per heavy atom. The van der Waals surface area contributed by atoms with Crippen LogP contribution in [-0.2, 0) is 16.2 Å². The van der Waals surface area contributed by atoms with Crippen molar-refractivity contribution in [1.29, 1.82) is 0 Å². The van der Waals surface area contributed by atoms with E-state index in [2.05, 4.69) is 236 Å². The summed E-state index contributed by atoms with van der Waals surface area (Å²) >= 11 is 0. The molecule has 672 valence electrons. The van der Waals surface area contributed by atoms with E-state index in [0.717, 1.165) is 184 Å². The van der Waals surface area contributed by atoms with E-state index in [1.165, 1.54) is 0 Å². The monoisotopic (exact) mass is 1820 g/mol. The van der Waals surface area contributed by atoms with E-state index in [1.54, 1.807) is 0 Å². The standard InChI is InChI=1S/3C43H31N3O/c1-43(2)37-20-12-11-19-35(37)39(47)36-27-32(25-26-38(36)43)28-21-23-29(24-22-28)33-17-9-10-18-34(33)42-45-40(30-13-5-3-6-14-30)44-41(46-42)31-15-7-4-8-16-31;1-43(2)37-19-10-9-18-35(37)39(47)36-27-33(24-25-38(36)43)29-22-20-28(21-23-29)32-16-11-17-34(26-32)42-45-40(30-12-5-3-6-13-30)44-41(46-42)31-14-7-4-8-15-31;1-43(2)37-16-10-9-15-35(37)39(47)36-27-34(25-26-38(36)43)30-19-17-28(18-20-30)29-21-23-33(24-22-29)42-45-40(31-11-5-3-6-12-31)44-41(46-42)32-13-7-4-8-14-32/h3*3-27H,1-2H3. The minimum absolute atomic E-state index is 0.0874. The number of benzene rings is 18. The maximum Gasteiger partial charge on any atom is 0.193 e. The van der Waals surface area contributed by atoms with Gasteiger partial charge in [0.05, 0.1) is 0 Å². The van der Waals surface area contributed by atoms with Crippen LogP contribution in [0.1, 0.15) is 123 Å². The number of nitrogens with zero attached hydrogens (tertiary/aromatic N) is 9. The topological polar surface area (TPSA) is 167 Å². The van der Waals surface area contributed by atoms with Gasteiger partial charge in [-0.2, -0.15) is 0 Å². The van der Waals surface area contributed by atoms with Crippen LogP contribution in [0, 0.1) is 0 Å². The van der Waals surface area contributed by atoms with Crippen LogP contribution in [0.15, 0.2) is 455 Å². The van der Waals surface area contributed by atoms with Crippen LogP contribution < -0.4 is 0 Å². The highest BCUT2D eigenvalue weighted by molar-refractivity contribution is 6.16. The van der Waals surface area contributed by atoms with Gasteiger partial charge in [-0.15, -0.1) is 0 Å². The molecule has 3 aliphatic rings. The first-order chi connectivity index (χ1) is 68.9. The Balaban J connectivity index is 0.000000121. The molecule has 21 aromatic rings. The van der Waals surface area contributed by atoms with Gasteiger partial charge in [0.2, 0.25) is 0 Å². The number of rotatable bonds is 15. The van der Waals surface area contributed by atoms with Crippen LogP contribution in [0.5, 0.6) is 0 Å². The number of aromatic nitrogens is 9. The molecule has 0 amide bonds. The SMILES string of the molecule is CC1(C)c2ccccc2C(=O)c2cc(-c3ccc(-c4ccc(-c5nc(-c6ccccc6)nc(-c6ccccc6)n5)cc4)cc3)ccc21.CC1(C)c2ccccc2C(=O)c2cc(-c3ccc(-c4cccc(-c5nc(-c6ccccc6)nc(-c6ccccc6)n5)c4)cc3)ccc21.CC1(C)c2ccccc2C(=O)c2cc(-c3ccc(-c4ccccc4-c4nc(-c5ccccc5)nc(-c5ccccc5)n4)cc3)ccc21. The van der Waals surface area contributed by atoms with Crippen molar-refractivity contribution in [3.05, 3.63) is 522 Å². The number of carbonyl (C=O) groups is 3. The van der Waals surface area contributed by atoms with Gasteiger partial charge in [-0.3, -0.25) is 14.4 Å². The summed E-state index contributed by atoms with van der Waals surface area (Å²) in [5.41, 5.74) is 31.6. The average molecular weight is 1820 g/mol. The second-order valence-electron chi connectivity index (χ2n) is 37.3. The fraction of sp³-hybridized carbons (Fsp3) is 0.0698. The van der Waals surface area contributed by atoms with Crippen molar-refractivity contribution in [3.8, 4) is 169 Å². The number of hydrogen-bond donors (Lipinski definition) is 0. The fourth-order valence-corrected chi connectivity index (χ4v) is 19.9. The molecule has 0 unspecified atom stereocenters. The molecule has 141 heavy (non-hydrogen) atoms. The lowest BCUT2D eigenvalue weighted by Crippen LogP contribution is -2.30. The molecule has 0 aliphatic heterocycles. The first-order valence-electron chi connectivity index (χ1n) is 47.5. The Morgan fingerprint density at radius 3 is 0.589 bits per heavy atom. The molecule has 3 aromatic heterocycles.